The average Bonchev–Trinajstić information content (AvgIpc) is 2.46. The molecular formula is C16H20F3NO7S. The van der Waals surface area contributed by atoms with Gasteiger partial charge in [0, 0.05) is 5.69 Å². The predicted octanol–water partition coefficient (Wildman–Crippen LogP) is 3.37. The number of carbonyl (C=O) groups excluding carboxylic acids is 2. The third kappa shape index (κ3) is 7.25. The average molecular weight is 427 g/mol. The van der Waals surface area contributed by atoms with Gasteiger partial charge in [0.2, 0.25) is 0 Å². The first-order valence-electron chi connectivity index (χ1n) is 7.94. The lowest BCUT2D eigenvalue weighted by Crippen LogP contribution is -2.28. The summed E-state index contributed by atoms with van der Waals surface area (Å²) in [4.78, 5) is 23.6. The summed E-state index contributed by atoms with van der Waals surface area (Å²) < 4.78 is 73.6. The number of benzene rings is 1. The molecule has 8 nitrogen and oxygen atoms in total. The van der Waals surface area contributed by atoms with E-state index in [0.717, 1.165) is 18.2 Å². The van der Waals surface area contributed by atoms with Gasteiger partial charge in [-0.05, 0) is 51.5 Å². The molecule has 0 aromatic heterocycles. The van der Waals surface area contributed by atoms with Crippen molar-refractivity contribution in [3.8, 4) is 5.75 Å². The fourth-order valence-electron chi connectivity index (χ4n) is 1.85. The van der Waals surface area contributed by atoms with E-state index in [-0.39, 0.29) is 17.9 Å². The summed E-state index contributed by atoms with van der Waals surface area (Å²) in [5.74, 6) is -1.43. The van der Waals surface area contributed by atoms with Gasteiger partial charge >= 0.3 is 27.7 Å². The molecule has 0 aliphatic rings. The minimum Gasteiger partial charge on any atom is -0.466 e. The maximum absolute atomic E-state index is 12.5. The zero-order chi connectivity index (χ0) is 21.8. The van der Waals surface area contributed by atoms with E-state index in [0.29, 0.717) is 0 Å². The topological polar surface area (TPSA) is 108 Å². The molecule has 0 unspecified atom stereocenters. The van der Waals surface area contributed by atoms with Crippen LogP contribution in [0.1, 0.15) is 33.3 Å². The summed E-state index contributed by atoms with van der Waals surface area (Å²) in [6, 6.07) is 2.86. The number of alkyl halides is 3. The quantitative estimate of drug-likeness (QED) is 0.421. The summed E-state index contributed by atoms with van der Waals surface area (Å²) >= 11 is 0. The van der Waals surface area contributed by atoms with Gasteiger partial charge in [-0.2, -0.15) is 21.6 Å². The standard InChI is InChI=1S/C16H20F3NO7S/c1-5-25-13(21)9-10-8-11(27-28(23,24)16(17,18)19)6-7-12(10)20-14(22)26-15(2,3)4/h6-8H,5,9H2,1-4H3,(H,20,22). The third-order valence-electron chi connectivity index (χ3n) is 2.84. The van der Waals surface area contributed by atoms with E-state index in [2.05, 4.69) is 9.50 Å². The maximum Gasteiger partial charge on any atom is 0.534 e. The number of nitrogens with one attached hydrogen (secondary N) is 1. The molecule has 1 aromatic carbocycles. The molecule has 12 heteroatoms. The van der Waals surface area contributed by atoms with E-state index in [1.807, 2.05) is 0 Å². The number of esters is 1. The van der Waals surface area contributed by atoms with Crippen LogP contribution >= 0.6 is 0 Å². The molecule has 1 amide bonds. The lowest BCUT2D eigenvalue weighted by molar-refractivity contribution is -0.142. The molecule has 0 saturated heterocycles. The van der Waals surface area contributed by atoms with Gasteiger partial charge in [0.05, 0.1) is 13.0 Å². The van der Waals surface area contributed by atoms with Gasteiger partial charge in [-0.3, -0.25) is 10.1 Å². The second-order valence-electron chi connectivity index (χ2n) is 6.41. The van der Waals surface area contributed by atoms with Gasteiger partial charge in [-0.1, -0.05) is 0 Å². The monoisotopic (exact) mass is 427 g/mol. The zero-order valence-electron chi connectivity index (χ0n) is 15.5. The van der Waals surface area contributed by atoms with Crippen LogP contribution in [0.5, 0.6) is 5.75 Å². The molecule has 0 aliphatic heterocycles. The molecular weight excluding hydrogens is 407 g/mol. The molecule has 0 bridgehead atoms. The Kier molecular flexibility index (Phi) is 7.29. The molecule has 0 atom stereocenters. The molecule has 0 heterocycles. The molecule has 158 valence electrons. The minimum absolute atomic E-state index is 0.0130. The summed E-state index contributed by atoms with van der Waals surface area (Å²) in [5.41, 5.74) is -6.46. The number of ether oxygens (including phenoxy) is 2. The lowest BCUT2D eigenvalue weighted by atomic mass is 10.1. The van der Waals surface area contributed by atoms with Crippen LogP contribution < -0.4 is 9.50 Å². The second-order valence-corrected chi connectivity index (χ2v) is 7.95. The molecule has 0 radical (unpaired) electrons. The molecule has 0 saturated carbocycles. The van der Waals surface area contributed by atoms with E-state index in [9.17, 15) is 31.2 Å². The van der Waals surface area contributed by atoms with Crippen LogP contribution in [-0.2, 0) is 30.8 Å². The highest BCUT2D eigenvalue weighted by atomic mass is 32.2. The molecule has 1 aromatic rings. The van der Waals surface area contributed by atoms with Crippen molar-refractivity contribution in [1.29, 1.82) is 0 Å². The number of hydrogen-bond donors (Lipinski definition) is 1. The Morgan fingerprint density at radius 2 is 1.75 bits per heavy atom. The van der Waals surface area contributed by atoms with Gasteiger partial charge in [0.25, 0.3) is 0 Å². The van der Waals surface area contributed by atoms with Crippen LogP contribution in [0.3, 0.4) is 0 Å². The van der Waals surface area contributed by atoms with Crippen molar-refractivity contribution in [3.05, 3.63) is 23.8 Å². The number of halogens is 3. The summed E-state index contributed by atoms with van der Waals surface area (Å²) in [7, 11) is -5.89. The SMILES string of the molecule is CCOC(=O)Cc1cc(OS(=O)(=O)C(F)(F)F)ccc1NC(=O)OC(C)(C)C. The van der Waals surface area contributed by atoms with Crippen LogP contribution in [0.25, 0.3) is 0 Å². The predicted molar refractivity (Wildman–Crippen MR) is 92.2 cm³/mol. The Morgan fingerprint density at radius 1 is 1.14 bits per heavy atom. The van der Waals surface area contributed by atoms with Crippen molar-refractivity contribution in [1.82, 2.24) is 0 Å². The molecule has 0 fully saturated rings. The van der Waals surface area contributed by atoms with Crippen LogP contribution in [-0.4, -0.2) is 38.2 Å². The van der Waals surface area contributed by atoms with Crippen molar-refractivity contribution in [2.75, 3.05) is 11.9 Å². The molecule has 0 aliphatic carbocycles. The van der Waals surface area contributed by atoms with Gasteiger partial charge in [-0.25, -0.2) is 4.79 Å². The first-order chi connectivity index (χ1) is 12.6. The van der Waals surface area contributed by atoms with Crippen molar-refractivity contribution in [3.63, 3.8) is 0 Å². The number of amides is 1. The van der Waals surface area contributed by atoms with Crippen molar-refractivity contribution in [2.24, 2.45) is 0 Å². The summed E-state index contributed by atoms with van der Waals surface area (Å²) in [6.45, 7) is 6.45. The van der Waals surface area contributed by atoms with E-state index in [4.69, 9.17) is 9.47 Å². The molecule has 0 spiro atoms. The highest BCUT2D eigenvalue weighted by Gasteiger charge is 2.48. The lowest BCUT2D eigenvalue weighted by Gasteiger charge is -2.20. The Hall–Kier alpha value is -2.50. The molecule has 1 N–H and O–H groups in total. The minimum atomic E-state index is -5.89. The van der Waals surface area contributed by atoms with Crippen LogP contribution in [0.4, 0.5) is 23.7 Å². The Balaban J connectivity index is 3.19. The number of carbonyl (C=O) groups is 2. The largest absolute Gasteiger partial charge is 0.534 e. The van der Waals surface area contributed by atoms with Gasteiger partial charge in [0.15, 0.2) is 0 Å². The van der Waals surface area contributed by atoms with Gasteiger partial charge < -0.3 is 13.7 Å². The van der Waals surface area contributed by atoms with Crippen LogP contribution in [0, 0.1) is 0 Å². The van der Waals surface area contributed by atoms with E-state index in [1.54, 1.807) is 27.7 Å². The van der Waals surface area contributed by atoms with E-state index < -0.39 is 45.5 Å². The normalized spacial score (nSPS) is 12.2. The zero-order valence-corrected chi connectivity index (χ0v) is 16.4. The fraction of sp³-hybridized carbons (Fsp3) is 0.500. The Morgan fingerprint density at radius 3 is 2.25 bits per heavy atom. The summed E-state index contributed by atoms with van der Waals surface area (Å²) in [6.07, 6.45) is -1.34. The highest BCUT2D eigenvalue weighted by molar-refractivity contribution is 7.88. The summed E-state index contributed by atoms with van der Waals surface area (Å²) in [5, 5.41) is 2.34. The molecule has 1 rings (SSSR count). The Labute approximate surface area is 160 Å². The fourth-order valence-corrected chi connectivity index (χ4v) is 2.30. The van der Waals surface area contributed by atoms with Crippen molar-refractivity contribution in [2.45, 2.75) is 45.2 Å². The smallest absolute Gasteiger partial charge is 0.466 e. The maximum atomic E-state index is 12.5. The third-order valence-corrected chi connectivity index (χ3v) is 3.82. The number of hydrogen-bond acceptors (Lipinski definition) is 7. The molecule has 28 heavy (non-hydrogen) atoms. The van der Waals surface area contributed by atoms with Gasteiger partial charge in [0.1, 0.15) is 11.4 Å². The second kappa shape index (κ2) is 8.67. The first kappa shape index (κ1) is 23.5. The van der Waals surface area contributed by atoms with Crippen molar-refractivity contribution >= 4 is 27.9 Å². The van der Waals surface area contributed by atoms with Gasteiger partial charge in [-0.15, -0.1) is 0 Å². The van der Waals surface area contributed by atoms with Crippen molar-refractivity contribution < 1.29 is 44.8 Å². The van der Waals surface area contributed by atoms with Crippen LogP contribution in [0.15, 0.2) is 18.2 Å². The highest BCUT2D eigenvalue weighted by Crippen LogP contribution is 2.30. The van der Waals surface area contributed by atoms with Crippen LogP contribution in [0.2, 0.25) is 0 Å². The van der Waals surface area contributed by atoms with E-state index >= 15 is 0 Å². The number of rotatable bonds is 6. The van der Waals surface area contributed by atoms with E-state index in [1.165, 1.54) is 0 Å². The Bertz CT molecular complexity index is 830. The first-order valence-corrected chi connectivity index (χ1v) is 9.34. The number of anilines is 1.